The number of alkyl halides is 2. The molecule has 0 N–H and O–H groups in total. The third-order valence-electron chi connectivity index (χ3n) is 6.79. The number of rotatable bonds is 2. The zero-order valence-electron chi connectivity index (χ0n) is 16.2. The molecule has 1 unspecified atom stereocenters. The van der Waals surface area contributed by atoms with E-state index >= 15 is 8.78 Å². The third kappa shape index (κ3) is 2.46. The molecule has 148 valence electrons. The maximum Gasteiger partial charge on any atom is 0.494 e. The van der Waals surface area contributed by atoms with Crippen LogP contribution in [0.25, 0.3) is 11.1 Å². The lowest BCUT2D eigenvalue weighted by atomic mass is 9.63. The average molecular weight is 396 g/mol. The molecule has 1 atom stereocenters. The quantitative estimate of drug-likeness (QED) is 0.731. The lowest BCUT2D eigenvalue weighted by Crippen LogP contribution is -2.44. The molecule has 2 aliphatic heterocycles. The van der Waals surface area contributed by atoms with Gasteiger partial charge < -0.3 is 18.6 Å². The number of benzene rings is 2. The van der Waals surface area contributed by atoms with Crippen LogP contribution in [0.1, 0.15) is 36.5 Å². The molecule has 0 radical (unpaired) electrons. The van der Waals surface area contributed by atoms with Crippen LogP contribution in [0.2, 0.25) is 0 Å². The fraction of sp³-hybridized carbons (Fsp3) is 0.429. The Bertz CT molecular complexity index is 1000. The molecule has 0 aromatic heterocycles. The standard InChI is InChI=1S/C21H20B2F2O4/c1-20-6-7-21(24,25)19-17(23-28-10-11-29-23)5-4-15(18(19)20)14-3-2-13(12-16(14)20)22-26-8-9-27-22/h2-5,12H,6-11H2,1H3. The maximum absolute atomic E-state index is 15.3. The summed E-state index contributed by atoms with van der Waals surface area (Å²) in [7, 11) is -1.10. The van der Waals surface area contributed by atoms with Crippen LogP contribution in [-0.2, 0) is 30.0 Å². The van der Waals surface area contributed by atoms with Crippen LogP contribution in [0.4, 0.5) is 8.78 Å². The van der Waals surface area contributed by atoms with Gasteiger partial charge in [-0.05, 0) is 39.6 Å². The number of hydrogen-bond donors (Lipinski definition) is 0. The van der Waals surface area contributed by atoms with Gasteiger partial charge in [0, 0.05) is 17.4 Å². The minimum absolute atomic E-state index is 0.0989. The molecule has 0 saturated carbocycles. The van der Waals surface area contributed by atoms with E-state index in [1.807, 2.05) is 18.2 Å². The second-order valence-corrected chi connectivity index (χ2v) is 8.44. The molecule has 6 rings (SSSR count). The lowest BCUT2D eigenvalue weighted by Gasteiger charge is -2.39. The molecule has 0 bridgehead atoms. The topological polar surface area (TPSA) is 36.9 Å². The van der Waals surface area contributed by atoms with Crippen molar-refractivity contribution in [3.8, 4) is 11.1 Å². The smallest absolute Gasteiger partial charge is 0.405 e. The van der Waals surface area contributed by atoms with Crippen molar-refractivity contribution in [3.63, 3.8) is 0 Å². The lowest BCUT2D eigenvalue weighted by molar-refractivity contribution is -0.0278. The van der Waals surface area contributed by atoms with Gasteiger partial charge >= 0.3 is 14.2 Å². The minimum atomic E-state index is -2.90. The summed E-state index contributed by atoms with van der Waals surface area (Å²) in [5.41, 5.74) is 4.73. The van der Waals surface area contributed by atoms with Gasteiger partial charge in [-0.1, -0.05) is 37.3 Å². The van der Waals surface area contributed by atoms with E-state index in [4.69, 9.17) is 18.6 Å². The van der Waals surface area contributed by atoms with Crippen molar-refractivity contribution in [2.75, 3.05) is 26.4 Å². The molecule has 0 spiro atoms. The fourth-order valence-electron chi connectivity index (χ4n) is 5.42. The maximum atomic E-state index is 15.3. The van der Waals surface area contributed by atoms with Crippen molar-refractivity contribution >= 4 is 25.2 Å². The van der Waals surface area contributed by atoms with E-state index in [-0.39, 0.29) is 19.1 Å². The van der Waals surface area contributed by atoms with Crippen LogP contribution in [0, 0.1) is 0 Å². The Kier molecular flexibility index (Phi) is 3.83. The van der Waals surface area contributed by atoms with Crippen LogP contribution in [-0.4, -0.2) is 40.7 Å². The molecular formula is C21H20B2F2O4. The summed E-state index contributed by atoms with van der Waals surface area (Å²) in [5.74, 6) is -2.90. The van der Waals surface area contributed by atoms with Gasteiger partial charge in [0.1, 0.15) is 0 Å². The van der Waals surface area contributed by atoms with Gasteiger partial charge in [0.25, 0.3) is 5.92 Å². The van der Waals surface area contributed by atoms with Crippen molar-refractivity contribution in [1.82, 2.24) is 0 Å². The van der Waals surface area contributed by atoms with E-state index in [9.17, 15) is 0 Å². The molecule has 2 aromatic rings. The Hall–Kier alpha value is -1.73. The second-order valence-electron chi connectivity index (χ2n) is 8.44. The third-order valence-corrected chi connectivity index (χ3v) is 6.79. The molecule has 8 heteroatoms. The van der Waals surface area contributed by atoms with E-state index in [1.54, 1.807) is 6.07 Å². The first-order valence-corrected chi connectivity index (χ1v) is 10.2. The molecule has 2 saturated heterocycles. The predicted octanol–water partition coefficient (Wildman–Crippen LogP) is 2.34. The Morgan fingerprint density at radius 3 is 2.17 bits per heavy atom. The highest BCUT2D eigenvalue weighted by Gasteiger charge is 2.54. The van der Waals surface area contributed by atoms with E-state index < -0.39 is 18.5 Å². The summed E-state index contributed by atoms with van der Waals surface area (Å²) in [6, 6.07) is 9.80. The van der Waals surface area contributed by atoms with Crippen LogP contribution in [0.5, 0.6) is 0 Å². The molecule has 4 aliphatic rings. The Morgan fingerprint density at radius 1 is 0.793 bits per heavy atom. The van der Waals surface area contributed by atoms with E-state index in [2.05, 4.69) is 13.0 Å². The molecule has 2 fully saturated rings. The Morgan fingerprint density at radius 2 is 1.45 bits per heavy atom. The first-order chi connectivity index (χ1) is 14.0. The number of hydrogen-bond acceptors (Lipinski definition) is 4. The van der Waals surface area contributed by atoms with Crippen LogP contribution >= 0.6 is 0 Å². The second kappa shape index (κ2) is 6.14. The summed E-state index contributed by atoms with van der Waals surface area (Å²) in [6.45, 7) is 4.07. The average Bonchev–Trinajstić information content (AvgIpc) is 3.47. The summed E-state index contributed by atoms with van der Waals surface area (Å²) < 4.78 is 53.0. The number of fused-ring (bicyclic) bond motifs is 3. The monoisotopic (exact) mass is 396 g/mol. The van der Waals surface area contributed by atoms with Crippen molar-refractivity contribution in [1.29, 1.82) is 0 Å². The molecule has 2 aliphatic carbocycles. The Balaban J connectivity index is 1.56. The van der Waals surface area contributed by atoms with Crippen LogP contribution < -0.4 is 10.9 Å². The molecule has 2 heterocycles. The van der Waals surface area contributed by atoms with Gasteiger partial charge in [0.2, 0.25) is 0 Å². The van der Waals surface area contributed by atoms with Gasteiger partial charge in [-0.15, -0.1) is 0 Å². The fourth-order valence-corrected chi connectivity index (χ4v) is 5.42. The van der Waals surface area contributed by atoms with Crippen LogP contribution in [0.3, 0.4) is 0 Å². The first-order valence-electron chi connectivity index (χ1n) is 10.2. The summed E-state index contributed by atoms with van der Waals surface area (Å²) in [4.78, 5) is 0. The van der Waals surface area contributed by atoms with Gasteiger partial charge in [-0.25, -0.2) is 8.78 Å². The van der Waals surface area contributed by atoms with Crippen LogP contribution in [0.15, 0.2) is 30.3 Å². The molecule has 29 heavy (non-hydrogen) atoms. The van der Waals surface area contributed by atoms with Crippen molar-refractivity contribution in [2.24, 2.45) is 0 Å². The van der Waals surface area contributed by atoms with Gasteiger partial charge in [0.15, 0.2) is 0 Å². The zero-order chi connectivity index (χ0) is 19.8. The van der Waals surface area contributed by atoms with E-state index in [0.29, 0.717) is 38.3 Å². The Labute approximate surface area is 168 Å². The minimum Gasteiger partial charge on any atom is -0.405 e. The van der Waals surface area contributed by atoms with E-state index in [0.717, 1.165) is 27.7 Å². The van der Waals surface area contributed by atoms with Gasteiger partial charge in [0.05, 0.1) is 26.4 Å². The summed E-state index contributed by atoms with van der Waals surface area (Å²) in [5, 5.41) is 0. The molecule has 0 amide bonds. The summed E-state index contributed by atoms with van der Waals surface area (Å²) in [6.07, 6.45) is 0.193. The highest BCUT2D eigenvalue weighted by Crippen LogP contribution is 2.58. The summed E-state index contributed by atoms with van der Waals surface area (Å²) >= 11 is 0. The predicted molar refractivity (Wildman–Crippen MR) is 106 cm³/mol. The molecule has 2 aromatic carbocycles. The number of halogens is 2. The first kappa shape index (κ1) is 18.1. The van der Waals surface area contributed by atoms with Crippen molar-refractivity contribution in [3.05, 3.63) is 47.0 Å². The highest BCUT2D eigenvalue weighted by atomic mass is 19.3. The van der Waals surface area contributed by atoms with Gasteiger partial charge in [-0.2, -0.15) is 0 Å². The van der Waals surface area contributed by atoms with Gasteiger partial charge in [-0.3, -0.25) is 0 Å². The van der Waals surface area contributed by atoms with Crippen molar-refractivity contribution < 1.29 is 27.4 Å². The van der Waals surface area contributed by atoms with E-state index in [1.165, 1.54) is 0 Å². The van der Waals surface area contributed by atoms with Crippen molar-refractivity contribution in [2.45, 2.75) is 31.1 Å². The molecular weight excluding hydrogens is 376 g/mol. The highest BCUT2D eigenvalue weighted by molar-refractivity contribution is 6.62. The molecule has 4 nitrogen and oxygen atoms in total. The SMILES string of the molecule is CC12CCC(F)(F)c3c(B4OCCO4)ccc(c31)-c1ccc(B3OCCO3)cc12. The normalized spacial score (nSPS) is 26.7. The zero-order valence-corrected chi connectivity index (χ0v) is 16.2. The largest absolute Gasteiger partial charge is 0.494 e.